The minimum absolute atomic E-state index is 0.228. The van der Waals surface area contributed by atoms with Crippen LogP contribution in [0.3, 0.4) is 0 Å². The number of hydrogen-bond donors (Lipinski definition) is 1. The second-order valence-corrected chi connectivity index (χ2v) is 8.49. The molecular formula is C19H29NO. The maximum absolute atomic E-state index is 12.6. The summed E-state index contributed by atoms with van der Waals surface area (Å²) in [6, 6.07) is 0.379. The Morgan fingerprint density at radius 1 is 1.10 bits per heavy atom. The fourth-order valence-electron chi connectivity index (χ4n) is 6.22. The molecule has 1 N–H and O–H groups in total. The molecule has 2 atom stereocenters. The highest BCUT2D eigenvalue weighted by Crippen LogP contribution is 2.61. The van der Waals surface area contributed by atoms with Gasteiger partial charge in [0.2, 0.25) is 5.91 Å². The summed E-state index contributed by atoms with van der Waals surface area (Å²) >= 11 is 0. The molecule has 5 aliphatic carbocycles. The highest BCUT2D eigenvalue weighted by atomic mass is 16.1. The predicted octanol–water partition coefficient (Wildman–Crippen LogP) is 4.06. The van der Waals surface area contributed by atoms with Crippen LogP contribution in [0.4, 0.5) is 0 Å². The van der Waals surface area contributed by atoms with Gasteiger partial charge in [0.15, 0.2) is 0 Å². The third kappa shape index (κ3) is 2.45. The molecule has 4 saturated carbocycles. The standard InChI is InChI=1S/C19H29NO/c1-13(20-18(21)17-5-3-2-4-6-17)19-10-14-7-15(11-19)9-16(8-14)12-19/h2-3,13-17H,4-12H2,1H3,(H,20,21)/t13-,14?,15?,16?,17-,19?/m1/s1. The lowest BCUT2D eigenvalue weighted by atomic mass is 9.48. The summed E-state index contributed by atoms with van der Waals surface area (Å²) in [6.07, 6.45) is 16.0. The van der Waals surface area contributed by atoms with E-state index in [1.54, 1.807) is 0 Å². The maximum atomic E-state index is 12.6. The molecule has 0 aliphatic heterocycles. The SMILES string of the molecule is C[C@@H](NC(=O)[C@@H]1CC=CCC1)C12CC3CC(CC(C3)C1)C2. The van der Waals surface area contributed by atoms with Gasteiger partial charge in [-0.2, -0.15) is 0 Å². The maximum Gasteiger partial charge on any atom is 0.223 e. The van der Waals surface area contributed by atoms with Crippen molar-refractivity contribution in [2.45, 2.75) is 70.8 Å². The van der Waals surface area contributed by atoms with Crippen molar-refractivity contribution in [2.75, 3.05) is 0 Å². The summed E-state index contributed by atoms with van der Waals surface area (Å²) in [5, 5.41) is 3.43. The number of rotatable bonds is 3. The van der Waals surface area contributed by atoms with E-state index in [2.05, 4.69) is 24.4 Å². The van der Waals surface area contributed by atoms with Crippen LogP contribution in [0.2, 0.25) is 0 Å². The first-order valence-corrected chi connectivity index (χ1v) is 9.10. The van der Waals surface area contributed by atoms with Gasteiger partial charge in [-0.25, -0.2) is 0 Å². The summed E-state index contributed by atoms with van der Waals surface area (Å²) in [5.74, 6) is 3.45. The zero-order valence-electron chi connectivity index (χ0n) is 13.3. The molecule has 2 nitrogen and oxygen atoms in total. The Kier molecular flexibility index (Phi) is 3.39. The fraction of sp³-hybridized carbons (Fsp3) is 0.842. The zero-order valence-corrected chi connectivity index (χ0v) is 13.3. The topological polar surface area (TPSA) is 29.1 Å². The molecular weight excluding hydrogens is 258 g/mol. The van der Waals surface area contributed by atoms with Gasteiger partial charge < -0.3 is 5.32 Å². The van der Waals surface area contributed by atoms with Crippen molar-refractivity contribution >= 4 is 5.91 Å². The predicted molar refractivity (Wildman–Crippen MR) is 84.7 cm³/mol. The number of allylic oxidation sites excluding steroid dienone is 2. The molecule has 0 heterocycles. The van der Waals surface area contributed by atoms with Crippen LogP contribution in [0.5, 0.6) is 0 Å². The van der Waals surface area contributed by atoms with Crippen molar-refractivity contribution in [3.63, 3.8) is 0 Å². The first-order chi connectivity index (χ1) is 10.1. The van der Waals surface area contributed by atoms with Gasteiger partial charge in [0.25, 0.3) is 0 Å². The minimum atomic E-state index is 0.228. The van der Waals surface area contributed by atoms with Crippen molar-refractivity contribution in [1.82, 2.24) is 5.32 Å². The van der Waals surface area contributed by atoms with E-state index in [1.807, 2.05) is 0 Å². The van der Waals surface area contributed by atoms with Gasteiger partial charge in [-0.3, -0.25) is 4.79 Å². The highest BCUT2D eigenvalue weighted by molar-refractivity contribution is 5.79. The third-order valence-corrected chi connectivity index (χ3v) is 7.00. The number of carbonyl (C=O) groups excluding carboxylic acids is 1. The molecule has 0 unspecified atom stereocenters. The summed E-state index contributed by atoms with van der Waals surface area (Å²) in [5.41, 5.74) is 0.439. The van der Waals surface area contributed by atoms with Gasteiger partial charge in [-0.05, 0) is 87.9 Å². The molecule has 1 amide bonds. The van der Waals surface area contributed by atoms with Crippen molar-refractivity contribution in [3.8, 4) is 0 Å². The van der Waals surface area contributed by atoms with Crippen LogP contribution in [-0.2, 0) is 4.79 Å². The van der Waals surface area contributed by atoms with Crippen LogP contribution in [0.25, 0.3) is 0 Å². The Hall–Kier alpha value is -0.790. The summed E-state index contributed by atoms with van der Waals surface area (Å²) in [6.45, 7) is 2.30. The molecule has 0 radical (unpaired) electrons. The van der Waals surface area contributed by atoms with Gasteiger partial charge in [0, 0.05) is 12.0 Å². The molecule has 5 rings (SSSR count). The van der Waals surface area contributed by atoms with Gasteiger partial charge in [0.05, 0.1) is 0 Å². The average molecular weight is 287 g/mol. The first kappa shape index (κ1) is 13.8. The second kappa shape index (κ2) is 5.14. The van der Waals surface area contributed by atoms with Crippen LogP contribution in [-0.4, -0.2) is 11.9 Å². The molecule has 4 bridgehead atoms. The average Bonchev–Trinajstić information content (AvgIpc) is 2.46. The first-order valence-electron chi connectivity index (χ1n) is 9.10. The van der Waals surface area contributed by atoms with E-state index in [-0.39, 0.29) is 5.92 Å². The molecule has 2 heteroatoms. The van der Waals surface area contributed by atoms with E-state index in [4.69, 9.17) is 0 Å². The van der Waals surface area contributed by atoms with Gasteiger partial charge in [-0.15, -0.1) is 0 Å². The van der Waals surface area contributed by atoms with E-state index < -0.39 is 0 Å². The highest BCUT2D eigenvalue weighted by Gasteiger charge is 2.53. The van der Waals surface area contributed by atoms with Gasteiger partial charge in [0.1, 0.15) is 0 Å². The number of nitrogens with one attached hydrogen (secondary N) is 1. The lowest BCUT2D eigenvalue weighted by Crippen LogP contribution is -2.56. The Morgan fingerprint density at radius 2 is 1.71 bits per heavy atom. The zero-order chi connectivity index (χ0) is 14.4. The Labute approximate surface area is 128 Å². The molecule has 0 spiro atoms. The van der Waals surface area contributed by atoms with E-state index in [0.29, 0.717) is 17.4 Å². The molecule has 0 aromatic carbocycles. The molecule has 0 saturated heterocycles. The van der Waals surface area contributed by atoms with E-state index in [1.165, 1.54) is 38.5 Å². The number of carbonyl (C=O) groups is 1. The summed E-state index contributed by atoms with van der Waals surface area (Å²) in [7, 11) is 0. The van der Waals surface area contributed by atoms with Crippen LogP contribution in [0, 0.1) is 29.1 Å². The van der Waals surface area contributed by atoms with Crippen molar-refractivity contribution in [1.29, 1.82) is 0 Å². The van der Waals surface area contributed by atoms with E-state index in [0.717, 1.165) is 37.0 Å². The lowest BCUT2D eigenvalue weighted by Gasteiger charge is -2.59. The summed E-state index contributed by atoms with van der Waals surface area (Å²) in [4.78, 5) is 12.6. The number of hydrogen-bond acceptors (Lipinski definition) is 1. The lowest BCUT2D eigenvalue weighted by molar-refractivity contribution is -0.129. The minimum Gasteiger partial charge on any atom is -0.353 e. The monoisotopic (exact) mass is 287 g/mol. The fourth-order valence-corrected chi connectivity index (χ4v) is 6.22. The number of amides is 1. The van der Waals surface area contributed by atoms with Crippen molar-refractivity contribution in [2.24, 2.45) is 29.1 Å². The van der Waals surface area contributed by atoms with Crippen molar-refractivity contribution in [3.05, 3.63) is 12.2 Å². The van der Waals surface area contributed by atoms with Crippen molar-refractivity contribution < 1.29 is 4.79 Å². The Bertz CT molecular complexity index is 417. The molecule has 116 valence electrons. The third-order valence-electron chi connectivity index (χ3n) is 7.00. The van der Waals surface area contributed by atoms with Crippen LogP contribution < -0.4 is 5.32 Å². The second-order valence-electron chi connectivity index (χ2n) is 8.49. The molecule has 0 aromatic heterocycles. The molecule has 0 aromatic rings. The molecule has 5 aliphatic rings. The smallest absolute Gasteiger partial charge is 0.223 e. The summed E-state index contributed by atoms with van der Waals surface area (Å²) < 4.78 is 0. The Balaban J connectivity index is 1.43. The van der Waals surface area contributed by atoms with Crippen LogP contribution >= 0.6 is 0 Å². The van der Waals surface area contributed by atoms with E-state index >= 15 is 0 Å². The largest absolute Gasteiger partial charge is 0.353 e. The quantitative estimate of drug-likeness (QED) is 0.779. The Morgan fingerprint density at radius 3 is 2.24 bits per heavy atom. The van der Waals surface area contributed by atoms with Gasteiger partial charge >= 0.3 is 0 Å². The normalized spacial score (nSPS) is 45.6. The van der Waals surface area contributed by atoms with Crippen LogP contribution in [0.15, 0.2) is 12.2 Å². The van der Waals surface area contributed by atoms with Crippen LogP contribution in [0.1, 0.15) is 64.7 Å². The molecule has 4 fully saturated rings. The van der Waals surface area contributed by atoms with E-state index in [9.17, 15) is 4.79 Å². The van der Waals surface area contributed by atoms with Gasteiger partial charge in [-0.1, -0.05) is 12.2 Å². The molecule has 21 heavy (non-hydrogen) atoms.